The first kappa shape index (κ1) is 22.7. The molecule has 0 bridgehead atoms. The number of hydrogen-bond donors (Lipinski definition) is 0. The van der Waals surface area contributed by atoms with Crippen molar-refractivity contribution in [2.24, 2.45) is 0 Å². The van der Waals surface area contributed by atoms with Gasteiger partial charge in [-0.1, -0.05) is 49.9 Å². The zero-order valence-corrected chi connectivity index (χ0v) is 19.5. The number of ether oxygens (including phenoxy) is 2. The van der Waals surface area contributed by atoms with Crippen LogP contribution in [0.2, 0.25) is 0 Å². The lowest BCUT2D eigenvalue weighted by molar-refractivity contribution is -0.127. The van der Waals surface area contributed by atoms with Gasteiger partial charge in [-0.2, -0.15) is 0 Å². The molecule has 0 saturated heterocycles. The third kappa shape index (κ3) is 5.41. The van der Waals surface area contributed by atoms with Crippen molar-refractivity contribution in [1.29, 1.82) is 0 Å². The van der Waals surface area contributed by atoms with E-state index in [2.05, 4.69) is 41.6 Å². The summed E-state index contributed by atoms with van der Waals surface area (Å²) in [5.74, 6) is 2.06. The zero-order chi connectivity index (χ0) is 22.4. The highest BCUT2D eigenvalue weighted by atomic mass is 32.2. The van der Waals surface area contributed by atoms with E-state index in [4.69, 9.17) is 9.47 Å². The summed E-state index contributed by atoms with van der Waals surface area (Å²) in [6, 6.07) is 14.0. The second-order valence-electron chi connectivity index (χ2n) is 7.52. The van der Waals surface area contributed by atoms with Crippen LogP contribution in [0, 0.1) is 0 Å². The van der Waals surface area contributed by atoms with Gasteiger partial charge in [0.1, 0.15) is 0 Å². The molecule has 3 aromatic rings. The number of aromatic nitrogens is 2. The fourth-order valence-corrected chi connectivity index (χ4v) is 4.26. The van der Waals surface area contributed by atoms with E-state index in [0.29, 0.717) is 29.7 Å². The monoisotopic (exact) mass is 439 g/mol. The zero-order valence-electron chi connectivity index (χ0n) is 18.7. The highest BCUT2D eigenvalue weighted by Crippen LogP contribution is 2.29. The standard InChI is InChI=1S/C24H29N3O3S/c1-17(2)19-8-6-7-9-20(19)27-13-12-25-24(27)31-16-23(28)26(3)15-18-10-11-21(29-4)22(14-18)30-5/h6-14,17H,15-16H2,1-5H3. The Bertz CT molecular complexity index is 1030. The second kappa shape index (κ2) is 10.4. The van der Waals surface area contributed by atoms with Crippen LogP contribution in [0.15, 0.2) is 60.0 Å². The molecule has 0 fully saturated rings. The van der Waals surface area contributed by atoms with Crippen molar-refractivity contribution in [2.75, 3.05) is 27.0 Å². The Balaban J connectivity index is 1.66. The molecule has 31 heavy (non-hydrogen) atoms. The van der Waals surface area contributed by atoms with Crippen molar-refractivity contribution in [3.05, 3.63) is 66.0 Å². The summed E-state index contributed by atoms with van der Waals surface area (Å²) in [5.41, 5.74) is 3.33. The van der Waals surface area contributed by atoms with Gasteiger partial charge in [0.25, 0.3) is 0 Å². The van der Waals surface area contributed by atoms with Crippen LogP contribution < -0.4 is 9.47 Å². The van der Waals surface area contributed by atoms with Gasteiger partial charge < -0.3 is 14.4 Å². The molecule has 0 aliphatic carbocycles. The second-order valence-corrected chi connectivity index (χ2v) is 8.46. The van der Waals surface area contributed by atoms with Crippen molar-refractivity contribution >= 4 is 17.7 Å². The van der Waals surface area contributed by atoms with Gasteiger partial charge in [0.2, 0.25) is 5.91 Å². The number of amides is 1. The maximum absolute atomic E-state index is 12.8. The highest BCUT2D eigenvalue weighted by Gasteiger charge is 2.16. The lowest BCUT2D eigenvalue weighted by Gasteiger charge is -2.19. The average molecular weight is 440 g/mol. The van der Waals surface area contributed by atoms with E-state index >= 15 is 0 Å². The Morgan fingerprint density at radius 3 is 2.58 bits per heavy atom. The van der Waals surface area contributed by atoms with E-state index in [1.165, 1.54) is 17.3 Å². The number of carbonyl (C=O) groups is 1. The van der Waals surface area contributed by atoms with Gasteiger partial charge in [0.05, 0.1) is 25.7 Å². The van der Waals surface area contributed by atoms with Gasteiger partial charge in [-0.05, 0) is 35.2 Å². The summed E-state index contributed by atoms with van der Waals surface area (Å²) in [4.78, 5) is 18.9. The molecule has 1 heterocycles. The van der Waals surface area contributed by atoms with Gasteiger partial charge in [-0.25, -0.2) is 4.98 Å². The van der Waals surface area contributed by atoms with Crippen LogP contribution in [0.5, 0.6) is 11.5 Å². The molecular formula is C24H29N3O3S. The maximum Gasteiger partial charge on any atom is 0.233 e. The number of benzene rings is 2. The van der Waals surface area contributed by atoms with Crippen LogP contribution in [0.4, 0.5) is 0 Å². The van der Waals surface area contributed by atoms with Gasteiger partial charge in [0, 0.05) is 26.0 Å². The SMILES string of the molecule is COc1ccc(CN(C)C(=O)CSc2nccn2-c2ccccc2C(C)C)cc1OC. The summed E-state index contributed by atoms with van der Waals surface area (Å²) in [6.07, 6.45) is 3.72. The van der Waals surface area contributed by atoms with Crippen molar-refractivity contribution in [3.8, 4) is 17.2 Å². The Labute approximate surface area is 188 Å². The van der Waals surface area contributed by atoms with Crippen molar-refractivity contribution in [3.63, 3.8) is 0 Å². The molecule has 164 valence electrons. The minimum Gasteiger partial charge on any atom is -0.493 e. The molecule has 0 aliphatic rings. The molecule has 0 unspecified atom stereocenters. The fourth-order valence-electron chi connectivity index (χ4n) is 3.35. The van der Waals surface area contributed by atoms with Gasteiger partial charge >= 0.3 is 0 Å². The number of rotatable bonds is 9. The van der Waals surface area contributed by atoms with Crippen LogP contribution in [-0.4, -0.2) is 47.4 Å². The van der Waals surface area contributed by atoms with Crippen LogP contribution >= 0.6 is 11.8 Å². The quantitative estimate of drug-likeness (QED) is 0.450. The predicted octanol–water partition coefficient (Wildman–Crippen LogP) is 4.76. The summed E-state index contributed by atoms with van der Waals surface area (Å²) in [5, 5.41) is 0.806. The molecular weight excluding hydrogens is 410 g/mol. The van der Waals surface area contributed by atoms with Gasteiger partial charge in [0.15, 0.2) is 16.7 Å². The third-order valence-electron chi connectivity index (χ3n) is 5.04. The summed E-state index contributed by atoms with van der Waals surface area (Å²) >= 11 is 1.45. The Kier molecular flexibility index (Phi) is 7.63. The van der Waals surface area contributed by atoms with Crippen molar-refractivity contribution in [1.82, 2.24) is 14.5 Å². The maximum atomic E-state index is 12.8. The molecule has 0 saturated carbocycles. The van der Waals surface area contributed by atoms with E-state index in [-0.39, 0.29) is 5.91 Å². The van der Waals surface area contributed by atoms with Crippen LogP contribution in [0.25, 0.3) is 5.69 Å². The molecule has 3 rings (SSSR count). The topological polar surface area (TPSA) is 56.6 Å². The summed E-state index contributed by atoms with van der Waals surface area (Å²) < 4.78 is 12.7. The minimum atomic E-state index is 0.0338. The number of hydrogen-bond acceptors (Lipinski definition) is 5. The normalized spacial score (nSPS) is 10.9. The first-order valence-electron chi connectivity index (χ1n) is 10.1. The van der Waals surface area contributed by atoms with Crippen LogP contribution in [0.1, 0.15) is 30.9 Å². The van der Waals surface area contributed by atoms with Crippen LogP contribution in [0.3, 0.4) is 0 Å². The molecule has 2 aromatic carbocycles. The Morgan fingerprint density at radius 1 is 1.13 bits per heavy atom. The van der Waals surface area contributed by atoms with Gasteiger partial charge in [-0.3, -0.25) is 9.36 Å². The molecule has 0 radical (unpaired) electrons. The molecule has 0 aliphatic heterocycles. The largest absolute Gasteiger partial charge is 0.493 e. The van der Waals surface area contributed by atoms with E-state index in [1.807, 2.05) is 30.5 Å². The molecule has 1 aromatic heterocycles. The number of nitrogens with zero attached hydrogens (tertiary/aromatic N) is 3. The van der Waals surface area contributed by atoms with E-state index < -0.39 is 0 Å². The third-order valence-corrected chi connectivity index (χ3v) is 5.99. The predicted molar refractivity (Wildman–Crippen MR) is 124 cm³/mol. The molecule has 0 atom stereocenters. The number of carbonyl (C=O) groups excluding carboxylic acids is 1. The van der Waals surface area contributed by atoms with E-state index in [9.17, 15) is 4.79 Å². The lowest BCUT2D eigenvalue weighted by atomic mass is 10.0. The average Bonchev–Trinajstić information content (AvgIpc) is 3.25. The Morgan fingerprint density at radius 2 is 1.87 bits per heavy atom. The number of thioether (sulfide) groups is 1. The minimum absolute atomic E-state index is 0.0338. The number of imidazole rings is 1. The number of para-hydroxylation sites is 1. The van der Waals surface area contributed by atoms with Crippen molar-refractivity contribution in [2.45, 2.75) is 31.5 Å². The summed E-state index contributed by atoms with van der Waals surface area (Å²) in [7, 11) is 5.01. The highest BCUT2D eigenvalue weighted by molar-refractivity contribution is 7.99. The number of methoxy groups -OCH3 is 2. The smallest absolute Gasteiger partial charge is 0.233 e. The first-order valence-corrected chi connectivity index (χ1v) is 11.1. The Hall–Kier alpha value is -2.93. The molecule has 1 amide bonds. The molecule has 0 N–H and O–H groups in total. The summed E-state index contributed by atoms with van der Waals surface area (Å²) in [6.45, 7) is 4.84. The fraction of sp³-hybridized carbons (Fsp3) is 0.333. The van der Waals surface area contributed by atoms with E-state index in [0.717, 1.165) is 16.4 Å². The van der Waals surface area contributed by atoms with E-state index in [1.54, 1.807) is 32.4 Å². The van der Waals surface area contributed by atoms with Crippen LogP contribution in [-0.2, 0) is 11.3 Å². The molecule has 0 spiro atoms. The van der Waals surface area contributed by atoms with Gasteiger partial charge in [-0.15, -0.1) is 0 Å². The molecule has 7 heteroatoms. The van der Waals surface area contributed by atoms with Crippen molar-refractivity contribution < 1.29 is 14.3 Å². The molecule has 6 nitrogen and oxygen atoms in total. The lowest BCUT2D eigenvalue weighted by Crippen LogP contribution is -2.27. The first-order chi connectivity index (χ1) is 14.9.